The molecule has 2 N–H and O–H groups in total. The molecule has 0 bridgehead atoms. The van der Waals surface area contributed by atoms with Crippen molar-refractivity contribution in [3.63, 3.8) is 0 Å². The zero-order chi connectivity index (χ0) is 16.9. The number of hydrogen-bond acceptors (Lipinski definition) is 4. The Kier molecular flexibility index (Phi) is 4.69. The zero-order valence-corrected chi connectivity index (χ0v) is 13.0. The van der Waals surface area contributed by atoms with E-state index in [0.29, 0.717) is 12.4 Å². The summed E-state index contributed by atoms with van der Waals surface area (Å²) in [6, 6.07) is 11.1. The van der Waals surface area contributed by atoms with E-state index < -0.39 is 11.6 Å². The SMILES string of the molecule is C[C@H](COc1ccc(F)c(F)c1)Nc1cccc(-c2ncn[nH]2)c1. The first kappa shape index (κ1) is 15.9. The monoisotopic (exact) mass is 330 g/mol. The molecule has 124 valence electrons. The van der Waals surface area contributed by atoms with Gasteiger partial charge in [0.05, 0.1) is 6.04 Å². The van der Waals surface area contributed by atoms with E-state index in [4.69, 9.17) is 4.74 Å². The maximum Gasteiger partial charge on any atom is 0.162 e. The standard InChI is InChI=1S/C17H16F2N4O/c1-11(9-24-14-5-6-15(18)16(19)8-14)22-13-4-2-3-12(7-13)17-20-10-21-23-17/h2-8,10-11,22H,9H2,1H3,(H,20,21,23)/t11-/m1/s1. The van der Waals surface area contributed by atoms with Gasteiger partial charge in [0, 0.05) is 17.3 Å². The molecule has 1 atom stereocenters. The molecule has 0 saturated carbocycles. The zero-order valence-electron chi connectivity index (χ0n) is 13.0. The first-order valence-corrected chi connectivity index (χ1v) is 7.42. The van der Waals surface area contributed by atoms with E-state index >= 15 is 0 Å². The number of halogens is 2. The van der Waals surface area contributed by atoms with Crippen LogP contribution < -0.4 is 10.1 Å². The van der Waals surface area contributed by atoms with Crippen molar-refractivity contribution in [2.75, 3.05) is 11.9 Å². The fourth-order valence-corrected chi connectivity index (χ4v) is 2.21. The van der Waals surface area contributed by atoms with Crippen molar-refractivity contribution in [1.82, 2.24) is 15.2 Å². The number of ether oxygens (including phenoxy) is 1. The lowest BCUT2D eigenvalue weighted by Gasteiger charge is -2.16. The lowest BCUT2D eigenvalue weighted by atomic mass is 10.2. The van der Waals surface area contributed by atoms with Crippen LogP contribution in [-0.4, -0.2) is 27.8 Å². The second-order valence-corrected chi connectivity index (χ2v) is 5.35. The largest absolute Gasteiger partial charge is 0.491 e. The van der Waals surface area contributed by atoms with Crippen LogP contribution in [0.1, 0.15) is 6.92 Å². The Morgan fingerprint density at radius 2 is 2.04 bits per heavy atom. The van der Waals surface area contributed by atoms with Gasteiger partial charge in [-0.2, -0.15) is 5.10 Å². The number of rotatable bonds is 6. The summed E-state index contributed by atoms with van der Waals surface area (Å²) in [6.45, 7) is 2.23. The Balaban J connectivity index is 1.59. The highest BCUT2D eigenvalue weighted by Gasteiger charge is 2.08. The Labute approximate surface area is 137 Å². The Morgan fingerprint density at radius 3 is 2.79 bits per heavy atom. The first-order valence-electron chi connectivity index (χ1n) is 7.42. The average Bonchev–Trinajstić information content (AvgIpc) is 3.11. The number of aromatic nitrogens is 3. The van der Waals surface area contributed by atoms with Crippen molar-refractivity contribution in [1.29, 1.82) is 0 Å². The third kappa shape index (κ3) is 3.87. The second-order valence-electron chi connectivity index (χ2n) is 5.35. The van der Waals surface area contributed by atoms with Gasteiger partial charge in [-0.25, -0.2) is 13.8 Å². The summed E-state index contributed by atoms with van der Waals surface area (Å²) >= 11 is 0. The van der Waals surface area contributed by atoms with Gasteiger partial charge < -0.3 is 10.1 Å². The predicted molar refractivity (Wildman–Crippen MR) is 86.8 cm³/mol. The van der Waals surface area contributed by atoms with E-state index in [-0.39, 0.29) is 11.8 Å². The summed E-state index contributed by atoms with van der Waals surface area (Å²) in [6.07, 6.45) is 1.45. The number of nitrogens with zero attached hydrogens (tertiary/aromatic N) is 2. The lowest BCUT2D eigenvalue weighted by molar-refractivity contribution is 0.301. The highest BCUT2D eigenvalue weighted by Crippen LogP contribution is 2.20. The smallest absolute Gasteiger partial charge is 0.162 e. The van der Waals surface area contributed by atoms with E-state index in [2.05, 4.69) is 20.5 Å². The lowest BCUT2D eigenvalue weighted by Crippen LogP contribution is -2.23. The summed E-state index contributed by atoms with van der Waals surface area (Å²) in [4.78, 5) is 4.11. The highest BCUT2D eigenvalue weighted by molar-refractivity contribution is 5.62. The van der Waals surface area contributed by atoms with E-state index in [1.54, 1.807) is 0 Å². The number of anilines is 1. The van der Waals surface area contributed by atoms with Crippen LogP contribution in [0.15, 0.2) is 48.8 Å². The van der Waals surface area contributed by atoms with Gasteiger partial charge in [0.1, 0.15) is 18.7 Å². The van der Waals surface area contributed by atoms with Crippen LogP contribution in [0.4, 0.5) is 14.5 Å². The fraction of sp³-hybridized carbons (Fsp3) is 0.176. The molecule has 2 aromatic carbocycles. The summed E-state index contributed by atoms with van der Waals surface area (Å²) in [5.74, 6) is -0.840. The predicted octanol–water partition coefficient (Wildman–Crippen LogP) is 3.63. The van der Waals surface area contributed by atoms with Crippen molar-refractivity contribution in [2.24, 2.45) is 0 Å². The van der Waals surface area contributed by atoms with Crippen LogP contribution in [0.25, 0.3) is 11.4 Å². The number of aromatic amines is 1. The van der Waals surface area contributed by atoms with Gasteiger partial charge in [-0.15, -0.1) is 0 Å². The van der Waals surface area contributed by atoms with Crippen molar-refractivity contribution < 1.29 is 13.5 Å². The Morgan fingerprint density at radius 1 is 1.17 bits per heavy atom. The molecule has 0 aliphatic heterocycles. The molecule has 0 aliphatic rings. The molecule has 1 heterocycles. The van der Waals surface area contributed by atoms with Crippen molar-refractivity contribution >= 4 is 5.69 Å². The molecule has 1 aromatic heterocycles. The third-order valence-corrected chi connectivity index (χ3v) is 3.36. The van der Waals surface area contributed by atoms with Crippen LogP contribution in [0.3, 0.4) is 0 Å². The number of benzene rings is 2. The molecule has 3 aromatic rings. The quantitative estimate of drug-likeness (QED) is 0.724. The van der Waals surface area contributed by atoms with Gasteiger partial charge >= 0.3 is 0 Å². The Bertz CT molecular complexity index is 808. The molecular weight excluding hydrogens is 314 g/mol. The van der Waals surface area contributed by atoms with Crippen LogP contribution >= 0.6 is 0 Å². The van der Waals surface area contributed by atoms with Crippen LogP contribution in [-0.2, 0) is 0 Å². The van der Waals surface area contributed by atoms with E-state index in [9.17, 15) is 8.78 Å². The Hall–Kier alpha value is -2.96. The van der Waals surface area contributed by atoms with Gasteiger partial charge in [0.25, 0.3) is 0 Å². The topological polar surface area (TPSA) is 62.8 Å². The van der Waals surface area contributed by atoms with Gasteiger partial charge in [0.2, 0.25) is 0 Å². The third-order valence-electron chi connectivity index (χ3n) is 3.36. The summed E-state index contributed by atoms with van der Waals surface area (Å²) in [7, 11) is 0. The normalized spacial score (nSPS) is 12.0. The summed E-state index contributed by atoms with van der Waals surface area (Å²) in [5, 5.41) is 9.93. The molecule has 0 aliphatic carbocycles. The summed E-state index contributed by atoms with van der Waals surface area (Å²) in [5.41, 5.74) is 1.80. The first-order chi connectivity index (χ1) is 11.6. The molecule has 0 fully saturated rings. The van der Waals surface area contributed by atoms with Gasteiger partial charge in [-0.3, -0.25) is 5.10 Å². The van der Waals surface area contributed by atoms with Crippen LogP contribution in [0, 0.1) is 11.6 Å². The molecule has 0 spiro atoms. The minimum Gasteiger partial charge on any atom is -0.491 e. The van der Waals surface area contributed by atoms with Crippen molar-refractivity contribution in [3.05, 3.63) is 60.4 Å². The van der Waals surface area contributed by atoms with Gasteiger partial charge in [-0.05, 0) is 31.2 Å². The van der Waals surface area contributed by atoms with E-state index in [0.717, 1.165) is 23.4 Å². The molecular formula is C17H16F2N4O. The molecule has 0 unspecified atom stereocenters. The minimum atomic E-state index is -0.923. The number of nitrogens with one attached hydrogen (secondary N) is 2. The minimum absolute atomic E-state index is 0.0388. The van der Waals surface area contributed by atoms with E-state index in [1.807, 2.05) is 31.2 Å². The van der Waals surface area contributed by atoms with Crippen molar-refractivity contribution in [3.8, 4) is 17.1 Å². The van der Waals surface area contributed by atoms with Gasteiger partial charge in [0.15, 0.2) is 17.5 Å². The van der Waals surface area contributed by atoms with Crippen LogP contribution in [0.2, 0.25) is 0 Å². The number of H-pyrrole nitrogens is 1. The molecule has 0 saturated heterocycles. The number of hydrogen-bond donors (Lipinski definition) is 2. The van der Waals surface area contributed by atoms with Gasteiger partial charge in [-0.1, -0.05) is 12.1 Å². The van der Waals surface area contributed by atoms with Crippen molar-refractivity contribution in [2.45, 2.75) is 13.0 Å². The maximum absolute atomic E-state index is 13.1. The summed E-state index contributed by atoms with van der Waals surface area (Å²) < 4.78 is 31.5. The molecule has 7 heteroatoms. The van der Waals surface area contributed by atoms with E-state index in [1.165, 1.54) is 12.4 Å². The molecule has 3 rings (SSSR count). The fourth-order valence-electron chi connectivity index (χ4n) is 2.21. The van der Waals surface area contributed by atoms with Crippen LogP contribution in [0.5, 0.6) is 5.75 Å². The molecule has 0 radical (unpaired) electrons. The molecule has 5 nitrogen and oxygen atoms in total. The maximum atomic E-state index is 13.1. The highest BCUT2D eigenvalue weighted by atomic mass is 19.2. The second kappa shape index (κ2) is 7.08. The molecule has 0 amide bonds. The average molecular weight is 330 g/mol. The molecule has 24 heavy (non-hydrogen) atoms.